The highest BCUT2D eigenvalue weighted by Gasteiger charge is 2.47. The number of hydrogen-bond donors (Lipinski definition) is 2. The average Bonchev–Trinajstić information content (AvgIpc) is 3.09. The molecule has 5 rings (SSSR count). The number of anilines is 1. The standard InChI is InChI=1S/C25H18ClNO6/c26-16-4-2-5-17(13-16)27-22(14-3-1-6-18(28)11-14)21(24(30)25(27)31)23(29)15-7-8-19-20(12-15)33-10-9-32-19/h1-8,11-13,22,28-29H,9-10H2/b23-21-. The highest BCUT2D eigenvalue weighted by molar-refractivity contribution is 6.51. The molecule has 0 aromatic heterocycles. The van der Waals surface area contributed by atoms with Crippen molar-refractivity contribution in [1.82, 2.24) is 0 Å². The van der Waals surface area contributed by atoms with Gasteiger partial charge in [-0.3, -0.25) is 14.5 Å². The average molecular weight is 464 g/mol. The molecule has 33 heavy (non-hydrogen) atoms. The molecule has 1 amide bonds. The number of halogens is 1. The summed E-state index contributed by atoms with van der Waals surface area (Å²) in [5.74, 6) is -1.10. The van der Waals surface area contributed by atoms with E-state index in [2.05, 4.69) is 0 Å². The summed E-state index contributed by atoms with van der Waals surface area (Å²) >= 11 is 6.14. The van der Waals surface area contributed by atoms with E-state index in [4.69, 9.17) is 21.1 Å². The van der Waals surface area contributed by atoms with Gasteiger partial charge in [0.2, 0.25) is 0 Å². The number of carbonyl (C=O) groups is 2. The molecule has 1 fully saturated rings. The summed E-state index contributed by atoms with van der Waals surface area (Å²) in [5, 5.41) is 21.7. The predicted molar refractivity (Wildman–Crippen MR) is 122 cm³/mol. The Bertz CT molecular complexity index is 1320. The van der Waals surface area contributed by atoms with Crippen molar-refractivity contribution >= 4 is 34.7 Å². The van der Waals surface area contributed by atoms with Gasteiger partial charge in [-0.2, -0.15) is 0 Å². The number of aliphatic hydroxyl groups is 1. The molecule has 2 aliphatic rings. The van der Waals surface area contributed by atoms with E-state index in [0.717, 1.165) is 0 Å². The smallest absolute Gasteiger partial charge is 0.300 e. The van der Waals surface area contributed by atoms with Crippen LogP contribution in [0.15, 0.2) is 72.3 Å². The molecule has 0 saturated carbocycles. The lowest BCUT2D eigenvalue weighted by atomic mass is 9.95. The molecule has 2 N–H and O–H groups in total. The van der Waals surface area contributed by atoms with Crippen molar-refractivity contribution in [3.8, 4) is 17.2 Å². The maximum Gasteiger partial charge on any atom is 0.300 e. The van der Waals surface area contributed by atoms with Crippen LogP contribution < -0.4 is 14.4 Å². The quantitative estimate of drug-likeness (QED) is 0.338. The van der Waals surface area contributed by atoms with Gasteiger partial charge in [0.05, 0.1) is 11.6 Å². The van der Waals surface area contributed by atoms with E-state index < -0.39 is 17.7 Å². The highest BCUT2D eigenvalue weighted by atomic mass is 35.5. The van der Waals surface area contributed by atoms with Crippen molar-refractivity contribution in [3.05, 3.63) is 88.5 Å². The van der Waals surface area contributed by atoms with Crippen LogP contribution in [-0.4, -0.2) is 35.1 Å². The zero-order valence-corrected chi connectivity index (χ0v) is 18.0. The molecule has 2 aliphatic heterocycles. The van der Waals surface area contributed by atoms with Crippen molar-refractivity contribution in [2.75, 3.05) is 18.1 Å². The third-order valence-electron chi connectivity index (χ3n) is 5.53. The molecule has 2 heterocycles. The Morgan fingerprint density at radius 3 is 2.45 bits per heavy atom. The first kappa shape index (κ1) is 20.9. The zero-order chi connectivity index (χ0) is 23.1. The maximum absolute atomic E-state index is 13.2. The third-order valence-corrected chi connectivity index (χ3v) is 5.77. The molecule has 1 atom stereocenters. The van der Waals surface area contributed by atoms with Gasteiger partial charge in [-0.15, -0.1) is 0 Å². The molecule has 8 heteroatoms. The van der Waals surface area contributed by atoms with Crippen molar-refractivity contribution in [1.29, 1.82) is 0 Å². The van der Waals surface area contributed by atoms with Crippen LogP contribution in [0.2, 0.25) is 5.02 Å². The summed E-state index contributed by atoms with van der Waals surface area (Å²) in [6, 6.07) is 16.6. The number of rotatable bonds is 3. The summed E-state index contributed by atoms with van der Waals surface area (Å²) in [5.41, 5.74) is 1.03. The predicted octanol–water partition coefficient (Wildman–Crippen LogP) is 4.44. The number of phenolic OH excluding ortho intramolecular Hbond substituents is 1. The molecular formula is C25H18ClNO6. The second-order valence-corrected chi connectivity index (χ2v) is 8.04. The van der Waals surface area contributed by atoms with Gasteiger partial charge >= 0.3 is 0 Å². The minimum Gasteiger partial charge on any atom is -0.508 e. The third kappa shape index (κ3) is 3.66. The van der Waals surface area contributed by atoms with Crippen molar-refractivity contribution in [2.24, 2.45) is 0 Å². The summed E-state index contributed by atoms with van der Waals surface area (Å²) in [6.07, 6.45) is 0. The fraction of sp³-hybridized carbons (Fsp3) is 0.120. The second kappa shape index (κ2) is 8.18. The maximum atomic E-state index is 13.2. The normalized spacial score (nSPS) is 19.1. The number of carbonyl (C=O) groups excluding carboxylic acids is 2. The molecule has 166 valence electrons. The first-order chi connectivity index (χ1) is 15.9. The van der Waals surface area contributed by atoms with E-state index >= 15 is 0 Å². The van der Waals surface area contributed by atoms with Crippen LogP contribution >= 0.6 is 11.6 Å². The Hall–Kier alpha value is -3.97. The number of ketones is 1. The Morgan fingerprint density at radius 2 is 1.70 bits per heavy atom. The number of Topliss-reactive ketones (excluding diaryl/α,β-unsaturated/α-hetero) is 1. The minimum atomic E-state index is -0.983. The number of aromatic hydroxyl groups is 1. The van der Waals surface area contributed by atoms with Gasteiger partial charge in [-0.05, 0) is 54.1 Å². The summed E-state index contributed by atoms with van der Waals surface area (Å²) in [6.45, 7) is 0.778. The molecule has 3 aromatic carbocycles. The molecular weight excluding hydrogens is 446 g/mol. The molecule has 1 unspecified atom stereocenters. The Labute approximate surface area is 194 Å². The van der Waals surface area contributed by atoms with Crippen LogP contribution in [0.3, 0.4) is 0 Å². The molecule has 3 aromatic rings. The highest BCUT2D eigenvalue weighted by Crippen LogP contribution is 2.44. The number of nitrogens with zero attached hydrogens (tertiary/aromatic N) is 1. The van der Waals surface area contributed by atoms with E-state index in [1.54, 1.807) is 54.6 Å². The van der Waals surface area contributed by atoms with Gasteiger partial charge in [0.25, 0.3) is 11.7 Å². The van der Waals surface area contributed by atoms with Crippen LogP contribution in [-0.2, 0) is 9.59 Å². The van der Waals surface area contributed by atoms with Gasteiger partial charge in [-0.1, -0.05) is 29.8 Å². The van der Waals surface area contributed by atoms with Crippen molar-refractivity contribution in [3.63, 3.8) is 0 Å². The lowest BCUT2D eigenvalue weighted by molar-refractivity contribution is -0.132. The molecule has 7 nitrogen and oxygen atoms in total. The first-order valence-electron chi connectivity index (χ1n) is 10.2. The van der Waals surface area contributed by atoms with Gasteiger partial charge < -0.3 is 19.7 Å². The summed E-state index contributed by atoms with van der Waals surface area (Å²) < 4.78 is 11.1. The van der Waals surface area contributed by atoms with Crippen LogP contribution in [0.4, 0.5) is 5.69 Å². The lowest BCUT2D eigenvalue weighted by Gasteiger charge is -2.26. The number of amides is 1. The van der Waals surface area contributed by atoms with E-state index in [1.165, 1.54) is 17.0 Å². The van der Waals surface area contributed by atoms with E-state index in [9.17, 15) is 19.8 Å². The van der Waals surface area contributed by atoms with Crippen LogP contribution in [0.25, 0.3) is 5.76 Å². The Morgan fingerprint density at radius 1 is 0.939 bits per heavy atom. The van der Waals surface area contributed by atoms with Gasteiger partial charge in [0.15, 0.2) is 11.5 Å². The molecule has 0 aliphatic carbocycles. The lowest BCUT2D eigenvalue weighted by Crippen LogP contribution is -2.29. The van der Waals surface area contributed by atoms with Crippen molar-refractivity contribution < 1.29 is 29.3 Å². The number of hydrogen-bond acceptors (Lipinski definition) is 6. The number of ether oxygens (including phenoxy) is 2. The minimum absolute atomic E-state index is 0.0384. The van der Waals surface area contributed by atoms with E-state index in [1.807, 2.05) is 0 Å². The Kier molecular flexibility index (Phi) is 5.18. The number of phenols is 1. The molecule has 0 bridgehead atoms. The van der Waals surface area contributed by atoms with Crippen LogP contribution in [0, 0.1) is 0 Å². The van der Waals surface area contributed by atoms with Crippen LogP contribution in [0.5, 0.6) is 17.2 Å². The zero-order valence-electron chi connectivity index (χ0n) is 17.2. The SMILES string of the molecule is O=C1C(=O)N(c2cccc(Cl)c2)C(c2cccc(O)c2)/C1=C(/O)c1ccc2c(c1)OCCO2. The van der Waals surface area contributed by atoms with Crippen molar-refractivity contribution in [2.45, 2.75) is 6.04 Å². The summed E-state index contributed by atoms with van der Waals surface area (Å²) in [4.78, 5) is 27.6. The van der Waals surface area contributed by atoms with Gasteiger partial charge in [0.1, 0.15) is 24.7 Å². The summed E-state index contributed by atoms with van der Waals surface area (Å²) in [7, 11) is 0. The monoisotopic (exact) mass is 463 g/mol. The van der Waals surface area contributed by atoms with Crippen LogP contribution in [0.1, 0.15) is 17.2 Å². The largest absolute Gasteiger partial charge is 0.508 e. The van der Waals surface area contributed by atoms with Gasteiger partial charge in [0, 0.05) is 16.3 Å². The van der Waals surface area contributed by atoms with E-state index in [-0.39, 0.29) is 17.1 Å². The fourth-order valence-corrected chi connectivity index (χ4v) is 4.27. The fourth-order valence-electron chi connectivity index (χ4n) is 4.08. The second-order valence-electron chi connectivity index (χ2n) is 7.60. The van der Waals surface area contributed by atoms with E-state index in [0.29, 0.717) is 46.5 Å². The Balaban J connectivity index is 1.71. The molecule has 1 saturated heterocycles. The number of benzene rings is 3. The topological polar surface area (TPSA) is 96.3 Å². The number of aliphatic hydroxyl groups excluding tert-OH is 1. The number of fused-ring (bicyclic) bond motifs is 1. The molecule has 0 radical (unpaired) electrons. The van der Waals surface area contributed by atoms with Gasteiger partial charge in [-0.25, -0.2) is 0 Å². The molecule has 0 spiro atoms. The first-order valence-corrected chi connectivity index (χ1v) is 10.6.